The molecular formula is C11H11NO2S. The molecule has 0 saturated heterocycles. The van der Waals surface area contributed by atoms with E-state index in [1.807, 2.05) is 13.0 Å². The van der Waals surface area contributed by atoms with Crippen LogP contribution in [0.25, 0.3) is 0 Å². The van der Waals surface area contributed by atoms with E-state index in [1.54, 1.807) is 12.1 Å². The first-order chi connectivity index (χ1) is 7.08. The van der Waals surface area contributed by atoms with E-state index in [0.29, 0.717) is 16.0 Å². The second-order valence-electron chi connectivity index (χ2n) is 3.18. The van der Waals surface area contributed by atoms with Crippen molar-refractivity contribution in [2.24, 2.45) is 0 Å². The average Bonchev–Trinajstić information content (AvgIpc) is 2.16. The molecule has 0 saturated carbocycles. The van der Waals surface area contributed by atoms with Gasteiger partial charge in [0.2, 0.25) is 0 Å². The second-order valence-corrected chi connectivity index (χ2v) is 3.67. The van der Waals surface area contributed by atoms with Crippen molar-refractivity contribution in [3.05, 3.63) is 28.8 Å². The lowest BCUT2D eigenvalue weighted by atomic mass is 10.0. The van der Waals surface area contributed by atoms with Crippen LogP contribution in [0.5, 0.6) is 0 Å². The molecule has 0 amide bonds. The minimum absolute atomic E-state index is 0.135. The summed E-state index contributed by atoms with van der Waals surface area (Å²) >= 11 is 4.18. The predicted octanol–water partition coefficient (Wildman–Crippen LogP) is 2.04. The Hall–Kier alpha value is -1.47. The SMILES string of the molecule is CCc1cc(S)c(C#N)c(CC(=O)O)c1. The quantitative estimate of drug-likeness (QED) is 0.768. The monoisotopic (exact) mass is 221 g/mol. The van der Waals surface area contributed by atoms with Gasteiger partial charge in [0.1, 0.15) is 6.07 Å². The molecule has 1 N–H and O–H groups in total. The van der Waals surface area contributed by atoms with Gasteiger partial charge in [0.05, 0.1) is 12.0 Å². The van der Waals surface area contributed by atoms with Gasteiger partial charge in [-0.3, -0.25) is 4.79 Å². The molecule has 0 fully saturated rings. The van der Waals surface area contributed by atoms with E-state index in [-0.39, 0.29) is 6.42 Å². The molecule has 0 radical (unpaired) electrons. The summed E-state index contributed by atoms with van der Waals surface area (Å²) in [5.41, 5.74) is 1.89. The van der Waals surface area contributed by atoms with Crippen LogP contribution in [0.2, 0.25) is 0 Å². The zero-order valence-corrected chi connectivity index (χ0v) is 9.21. The van der Waals surface area contributed by atoms with E-state index in [0.717, 1.165) is 12.0 Å². The second kappa shape index (κ2) is 4.85. The third kappa shape index (κ3) is 2.74. The summed E-state index contributed by atoms with van der Waals surface area (Å²) in [6.45, 7) is 1.97. The Kier molecular flexibility index (Phi) is 3.75. The number of nitrogens with zero attached hydrogens (tertiary/aromatic N) is 1. The fourth-order valence-electron chi connectivity index (χ4n) is 1.39. The fraction of sp³-hybridized carbons (Fsp3) is 0.273. The Morgan fingerprint density at radius 1 is 1.60 bits per heavy atom. The van der Waals surface area contributed by atoms with Crippen molar-refractivity contribution < 1.29 is 9.90 Å². The van der Waals surface area contributed by atoms with Crippen molar-refractivity contribution in [2.45, 2.75) is 24.7 Å². The zero-order valence-electron chi connectivity index (χ0n) is 8.32. The lowest BCUT2D eigenvalue weighted by molar-refractivity contribution is -0.136. The Bertz CT molecular complexity index is 435. The van der Waals surface area contributed by atoms with E-state index in [1.165, 1.54) is 0 Å². The van der Waals surface area contributed by atoms with Crippen molar-refractivity contribution in [3.8, 4) is 6.07 Å². The van der Waals surface area contributed by atoms with Crippen LogP contribution in [0.1, 0.15) is 23.6 Å². The number of nitriles is 1. The number of hydrogen-bond acceptors (Lipinski definition) is 3. The van der Waals surface area contributed by atoms with Crippen LogP contribution in [0.4, 0.5) is 0 Å². The number of carboxylic acid groups (broad SMARTS) is 1. The van der Waals surface area contributed by atoms with Gasteiger partial charge >= 0.3 is 5.97 Å². The Morgan fingerprint density at radius 3 is 2.73 bits per heavy atom. The van der Waals surface area contributed by atoms with Crippen LogP contribution in [0.3, 0.4) is 0 Å². The molecule has 0 unspecified atom stereocenters. The number of aryl methyl sites for hydroxylation is 1. The number of aliphatic carboxylic acids is 1. The summed E-state index contributed by atoms with van der Waals surface area (Å²) in [5, 5.41) is 17.6. The molecule has 3 nitrogen and oxygen atoms in total. The summed E-state index contributed by atoms with van der Waals surface area (Å²) in [4.78, 5) is 11.2. The van der Waals surface area contributed by atoms with Crippen LogP contribution in [-0.4, -0.2) is 11.1 Å². The maximum absolute atomic E-state index is 10.6. The van der Waals surface area contributed by atoms with Gasteiger partial charge in [-0.1, -0.05) is 13.0 Å². The number of carbonyl (C=O) groups is 1. The molecule has 1 aromatic carbocycles. The first-order valence-corrected chi connectivity index (χ1v) is 4.99. The molecule has 0 bridgehead atoms. The normalized spacial score (nSPS) is 9.67. The van der Waals surface area contributed by atoms with E-state index in [2.05, 4.69) is 12.6 Å². The molecule has 0 aromatic heterocycles. The third-order valence-electron chi connectivity index (χ3n) is 2.12. The third-order valence-corrected chi connectivity index (χ3v) is 2.47. The molecule has 0 aliphatic rings. The summed E-state index contributed by atoms with van der Waals surface area (Å²) in [6, 6.07) is 5.54. The maximum atomic E-state index is 10.6. The molecule has 0 atom stereocenters. The average molecular weight is 221 g/mol. The van der Waals surface area contributed by atoms with Crippen molar-refractivity contribution in [1.29, 1.82) is 5.26 Å². The maximum Gasteiger partial charge on any atom is 0.307 e. The topological polar surface area (TPSA) is 61.1 Å². The van der Waals surface area contributed by atoms with Gasteiger partial charge < -0.3 is 5.11 Å². The molecule has 15 heavy (non-hydrogen) atoms. The van der Waals surface area contributed by atoms with Gasteiger partial charge in [0.25, 0.3) is 0 Å². The van der Waals surface area contributed by atoms with Crippen LogP contribution in [0, 0.1) is 11.3 Å². The molecule has 0 spiro atoms. The summed E-state index contributed by atoms with van der Waals surface area (Å²) < 4.78 is 0. The number of carboxylic acids is 1. The summed E-state index contributed by atoms with van der Waals surface area (Å²) in [6.07, 6.45) is 0.663. The van der Waals surface area contributed by atoms with Crippen LogP contribution >= 0.6 is 12.6 Å². The highest BCUT2D eigenvalue weighted by molar-refractivity contribution is 7.80. The molecule has 0 aliphatic carbocycles. The van der Waals surface area contributed by atoms with Crippen molar-refractivity contribution in [2.75, 3.05) is 0 Å². The predicted molar refractivity (Wildman–Crippen MR) is 59.1 cm³/mol. The van der Waals surface area contributed by atoms with E-state index >= 15 is 0 Å². The van der Waals surface area contributed by atoms with Gasteiger partial charge in [0.15, 0.2) is 0 Å². The molecule has 0 aliphatic heterocycles. The minimum Gasteiger partial charge on any atom is -0.481 e. The van der Waals surface area contributed by atoms with Crippen molar-refractivity contribution in [1.82, 2.24) is 0 Å². The highest BCUT2D eigenvalue weighted by Gasteiger charge is 2.10. The lowest BCUT2D eigenvalue weighted by Gasteiger charge is -2.06. The van der Waals surface area contributed by atoms with Gasteiger partial charge in [-0.2, -0.15) is 5.26 Å². The summed E-state index contributed by atoms with van der Waals surface area (Å²) in [5.74, 6) is -0.938. The molecule has 4 heteroatoms. The van der Waals surface area contributed by atoms with Gasteiger partial charge in [0, 0.05) is 4.90 Å². The standard InChI is InChI=1S/C11H11NO2S/c1-2-7-3-8(5-11(13)14)9(6-12)10(15)4-7/h3-4,15H,2,5H2,1H3,(H,13,14). The number of rotatable bonds is 3. The number of hydrogen-bond donors (Lipinski definition) is 2. The minimum atomic E-state index is -0.938. The van der Waals surface area contributed by atoms with Gasteiger partial charge in [-0.05, 0) is 23.6 Å². The van der Waals surface area contributed by atoms with E-state index < -0.39 is 5.97 Å². The molecule has 78 valence electrons. The van der Waals surface area contributed by atoms with Crippen molar-refractivity contribution in [3.63, 3.8) is 0 Å². The smallest absolute Gasteiger partial charge is 0.307 e. The Balaban J connectivity index is 3.27. The number of thiol groups is 1. The van der Waals surface area contributed by atoms with Crippen LogP contribution in [0.15, 0.2) is 17.0 Å². The zero-order chi connectivity index (χ0) is 11.4. The molecule has 1 rings (SSSR count). The van der Waals surface area contributed by atoms with Crippen molar-refractivity contribution >= 4 is 18.6 Å². The van der Waals surface area contributed by atoms with Gasteiger partial charge in [-0.25, -0.2) is 0 Å². The highest BCUT2D eigenvalue weighted by Crippen LogP contribution is 2.21. The first-order valence-electron chi connectivity index (χ1n) is 4.55. The van der Waals surface area contributed by atoms with Gasteiger partial charge in [-0.15, -0.1) is 12.6 Å². The lowest BCUT2D eigenvalue weighted by Crippen LogP contribution is -2.04. The fourth-order valence-corrected chi connectivity index (χ4v) is 1.74. The summed E-state index contributed by atoms with van der Waals surface area (Å²) in [7, 11) is 0. The van der Waals surface area contributed by atoms with Crippen LogP contribution < -0.4 is 0 Å². The molecule has 0 heterocycles. The van der Waals surface area contributed by atoms with E-state index in [4.69, 9.17) is 10.4 Å². The molecular weight excluding hydrogens is 210 g/mol. The first kappa shape index (κ1) is 11.6. The highest BCUT2D eigenvalue weighted by atomic mass is 32.1. The molecule has 1 aromatic rings. The largest absolute Gasteiger partial charge is 0.481 e. The van der Waals surface area contributed by atoms with Crippen LogP contribution in [-0.2, 0) is 17.6 Å². The Labute approximate surface area is 93.8 Å². The number of benzene rings is 1. The van der Waals surface area contributed by atoms with E-state index in [9.17, 15) is 4.79 Å². The Morgan fingerprint density at radius 2 is 2.27 bits per heavy atom.